The molecule has 1 aliphatic rings. The van der Waals surface area contributed by atoms with E-state index in [0.29, 0.717) is 12.0 Å². The number of nitrogen functional groups attached to an aromatic ring is 1. The molecule has 0 aromatic heterocycles. The van der Waals surface area contributed by atoms with Crippen LogP contribution in [0.4, 0.5) is 11.4 Å². The minimum atomic E-state index is 0.687. The molecule has 1 fully saturated rings. The third-order valence-electron chi connectivity index (χ3n) is 3.87. The highest BCUT2D eigenvalue weighted by atomic mass is 15.2. The lowest BCUT2D eigenvalue weighted by Crippen LogP contribution is -2.36. The van der Waals surface area contributed by atoms with Gasteiger partial charge in [-0.25, -0.2) is 0 Å². The monoisotopic (exact) mass is 246 g/mol. The van der Waals surface area contributed by atoms with Crippen LogP contribution in [-0.2, 0) is 0 Å². The highest BCUT2D eigenvalue weighted by Gasteiger charge is 2.24. The molecular weight excluding hydrogens is 220 g/mol. The zero-order valence-electron chi connectivity index (χ0n) is 11.9. The highest BCUT2D eigenvalue weighted by Crippen LogP contribution is 2.32. The van der Waals surface area contributed by atoms with E-state index in [2.05, 4.69) is 37.8 Å². The zero-order chi connectivity index (χ0) is 13.1. The summed E-state index contributed by atoms with van der Waals surface area (Å²) in [7, 11) is 0. The van der Waals surface area contributed by atoms with Gasteiger partial charge in [-0.15, -0.1) is 0 Å². The molecule has 0 atom stereocenters. The number of benzene rings is 1. The molecule has 18 heavy (non-hydrogen) atoms. The molecular formula is C16H26N2. The number of hydrogen-bond donors (Lipinski definition) is 1. The van der Waals surface area contributed by atoms with Crippen molar-refractivity contribution in [2.24, 2.45) is 5.92 Å². The van der Waals surface area contributed by atoms with Gasteiger partial charge in [-0.3, -0.25) is 0 Å². The van der Waals surface area contributed by atoms with Crippen LogP contribution < -0.4 is 10.6 Å². The molecule has 0 bridgehead atoms. The van der Waals surface area contributed by atoms with Crippen molar-refractivity contribution < 1.29 is 0 Å². The lowest BCUT2D eigenvalue weighted by Gasteiger charge is -2.34. The van der Waals surface area contributed by atoms with Gasteiger partial charge >= 0.3 is 0 Å². The van der Waals surface area contributed by atoms with E-state index in [1.807, 2.05) is 6.07 Å². The van der Waals surface area contributed by atoms with E-state index in [4.69, 9.17) is 5.73 Å². The Balaban J connectivity index is 2.29. The molecule has 1 aromatic rings. The Hall–Kier alpha value is -1.18. The summed E-state index contributed by atoms with van der Waals surface area (Å²) in [5.74, 6) is 0.687. The van der Waals surface area contributed by atoms with Crippen LogP contribution in [0, 0.1) is 12.8 Å². The maximum absolute atomic E-state index is 5.97. The first kappa shape index (κ1) is 13.3. The Morgan fingerprint density at radius 2 is 1.94 bits per heavy atom. The van der Waals surface area contributed by atoms with Gasteiger partial charge in [0.1, 0.15) is 0 Å². The molecule has 0 amide bonds. The SMILES string of the molecule is Cc1ccc(N)cc1N(CC(C)C)C1CCCC1. The molecule has 2 nitrogen and oxygen atoms in total. The van der Waals surface area contributed by atoms with Gasteiger partial charge in [0.05, 0.1) is 0 Å². The lowest BCUT2D eigenvalue weighted by molar-refractivity contribution is 0.535. The van der Waals surface area contributed by atoms with Crippen molar-refractivity contribution in [3.05, 3.63) is 23.8 Å². The lowest BCUT2D eigenvalue weighted by atomic mass is 10.1. The first-order valence-electron chi connectivity index (χ1n) is 7.20. The number of rotatable bonds is 4. The third kappa shape index (κ3) is 2.98. The summed E-state index contributed by atoms with van der Waals surface area (Å²) in [6.07, 6.45) is 5.42. The van der Waals surface area contributed by atoms with E-state index in [9.17, 15) is 0 Å². The quantitative estimate of drug-likeness (QED) is 0.814. The smallest absolute Gasteiger partial charge is 0.0419 e. The predicted molar refractivity (Wildman–Crippen MR) is 80.0 cm³/mol. The predicted octanol–water partition coefficient (Wildman–Crippen LogP) is 3.98. The fraction of sp³-hybridized carbons (Fsp3) is 0.625. The van der Waals surface area contributed by atoms with Gasteiger partial charge in [0.15, 0.2) is 0 Å². The van der Waals surface area contributed by atoms with Crippen LogP contribution in [0.2, 0.25) is 0 Å². The number of aryl methyl sites for hydroxylation is 1. The van der Waals surface area contributed by atoms with Gasteiger partial charge in [0.2, 0.25) is 0 Å². The molecule has 0 aliphatic heterocycles. The molecule has 0 spiro atoms. The molecule has 0 unspecified atom stereocenters. The maximum Gasteiger partial charge on any atom is 0.0419 e. The fourth-order valence-corrected chi connectivity index (χ4v) is 2.99. The number of anilines is 2. The van der Waals surface area contributed by atoms with Crippen LogP contribution in [0.15, 0.2) is 18.2 Å². The normalized spacial score (nSPS) is 16.4. The van der Waals surface area contributed by atoms with Gasteiger partial charge in [-0.2, -0.15) is 0 Å². The van der Waals surface area contributed by atoms with Gasteiger partial charge in [0.25, 0.3) is 0 Å². The van der Waals surface area contributed by atoms with Crippen molar-refractivity contribution >= 4 is 11.4 Å². The third-order valence-corrected chi connectivity index (χ3v) is 3.87. The van der Waals surface area contributed by atoms with E-state index in [1.165, 1.54) is 36.9 Å². The first-order valence-corrected chi connectivity index (χ1v) is 7.20. The Bertz CT molecular complexity index is 392. The van der Waals surface area contributed by atoms with Gasteiger partial charge in [-0.05, 0) is 43.4 Å². The molecule has 0 radical (unpaired) electrons. The molecule has 100 valence electrons. The van der Waals surface area contributed by atoms with Crippen LogP contribution in [0.1, 0.15) is 45.1 Å². The molecule has 1 aliphatic carbocycles. The molecule has 2 heteroatoms. The molecule has 0 saturated heterocycles. The summed E-state index contributed by atoms with van der Waals surface area (Å²) in [6, 6.07) is 7.01. The average Bonchev–Trinajstić information content (AvgIpc) is 2.82. The van der Waals surface area contributed by atoms with Crippen molar-refractivity contribution in [3.63, 3.8) is 0 Å². The second-order valence-electron chi connectivity index (χ2n) is 6.03. The Kier molecular flexibility index (Phi) is 4.15. The van der Waals surface area contributed by atoms with Crippen molar-refractivity contribution in [2.45, 2.75) is 52.5 Å². The molecule has 1 aromatic carbocycles. The summed E-state index contributed by atoms with van der Waals surface area (Å²) < 4.78 is 0. The van der Waals surface area contributed by atoms with E-state index in [-0.39, 0.29) is 0 Å². The molecule has 2 rings (SSSR count). The van der Waals surface area contributed by atoms with Crippen LogP contribution >= 0.6 is 0 Å². The number of nitrogens with two attached hydrogens (primary N) is 1. The highest BCUT2D eigenvalue weighted by molar-refractivity contribution is 5.61. The van der Waals surface area contributed by atoms with Gasteiger partial charge in [0, 0.05) is 24.0 Å². The van der Waals surface area contributed by atoms with Crippen LogP contribution in [0.3, 0.4) is 0 Å². The van der Waals surface area contributed by atoms with E-state index < -0.39 is 0 Å². The summed E-state index contributed by atoms with van der Waals surface area (Å²) in [4.78, 5) is 2.60. The number of nitrogens with zero attached hydrogens (tertiary/aromatic N) is 1. The summed E-state index contributed by atoms with van der Waals surface area (Å²) in [5, 5.41) is 0. The summed E-state index contributed by atoms with van der Waals surface area (Å²) in [6.45, 7) is 7.92. The second kappa shape index (κ2) is 5.64. The van der Waals surface area contributed by atoms with Crippen molar-refractivity contribution in [3.8, 4) is 0 Å². The minimum Gasteiger partial charge on any atom is -0.399 e. The molecule has 0 heterocycles. The van der Waals surface area contributed by atoms with Crippen LogP contribution in [-0.4, -0.2) is 12.6 Å². The fourth-order valence-electron chi connectivity index (χ4n) is 2.99. The Labute approximate surface area is 111 Å². The largest absolute Gasteiger partial charge is 0.399 e. The van der Waals surface area contributed by atoms with Crippen molar-refractivity contribution in [2.75, 3.05) is 17.2 Å². The standard InChI is InChI=1S/C16H26N2/c1-12(2)11-18(15-6-4-5-7-15)16-10-14(17)9-8-13(16)3/h8-10,12,15H,4-7,11,17H2,1-3H3. The van der Waals surface area contributed by atoms with Crippen LogP contribution in [0.25, 0.3) is 0 Å². The van der Waals surface area contributed by atoms with E-state index in [0.717, 1.165) is 12.2 Å². The van der Waals surface area contributed by atoms with Gasteiger partial charge in [-0.1, -0.05) is 32.8 Å². The van der Waals surface area contributed by atoms with Crippen LogP contribution in [0.5, 0.6) is 0 Å². The second-order valence-corrected chi connectivity index (χ2v) is 6.03. The van der Waals surface area contributed by atoms with E-state index in [1.54, 1.807) is 0 Å². The van der Waals surface area contributed by atoms with E-state index >= 15 is 0 Å². The molecule has 2 N–H and O–H groups in total. The van der Waals surface area contributed by atoms with Crippen molar-refractivity contribution in [1.82, 2.24) is 0 Å². The minimum absolute atomic E-state index is 0.687. The zero-order valence-corrected chi connectivity index (χ0v) is 11.9. The maximum atomic E-state index is 5.97. The van der Waals surface area contributed by atoms with Gasteiger partial charge < -0.3 is 10.6 Å². The summed E-state index contributed by atoms with van der Waals surface area (Å²) in [5.41, 5.74) is 9.53. The Morgan fingerprint density at radius 3 is 2.56 bits per heavy atom. The first-order chi connectivity index (χ1) is 8.58. The topological polar surface area (TPSA) is 29.3 Å². The number of hydrogen-bond acceptors (Lipinski definition) is 2. The molecule has 1 saturated carbocycles. The Morgan fingerprint density at radius 1 is 1.28 bits per heavy atom. The van der Waals surface area contributed by atoms with Crippen molar-refractivity contribution in [1.29, 1.82) is 0 Å². The average molecular weight is 246 g/mol. The summed E-state index contributed by atoms with van der Waals surface area (Å²) >= 11 is 0.